The topological polar surface area (TPSA) is 30.3 Å². The van der Waals surface area contributed by atoms with E-state index in [2.05, 4.69) is 38.8 Å². The summed E-state index contributed by atoms with van der Waals surface area (Å²) in [6.07, 6.45) is 11.6. The summed E-state index contributed by atoms with van der Waals surface area (Å²) in [6.45, 7) is 3.69. The molecule has 1 saturated carbocycles. The largest absolute Gasteiger partial charge is 0.370 e. The van der Waals surface area contributed by atoms with Crippen molar-refractivity contribution in [2.45, 2.75) is 57.5 Å². The van der Waals surface area contributed by atoms with Crippen LogP contribution in [0.1, 0.15) is 36.9 Å². The number of pyridine rings is 1. The highest BCUT2D eigenvalue weighted by atomic mass is 16.5. The molecule has 1 atom stereocenters. The Hall–Kier alpha value is -1.65. The molecule has 122 valence electrons. The minimum Gasteiger partial charge on any atom is -0.370 e. The van der Waals surface area contributed by atoms with Gasteiger partial charge in [-0.25, -0.2) is 0 Å². The highest BCUT2D eigenvalue weighted by Gasteiger charge is 2.28. The number of aromatic nitrogens is 2. The lowest BCUT2D eigenvalue weighted by atomic mass is 10.2. The quantitative estimate of drug-likeness (QED) is 0.868. The normalized spacial score (nSPS) is 22.9. The van der Waals surface area contributed by atoms with E-state index in [4.69, 9.17) is 4.74 Å². The van der Waals surface area contributed by atoms with Gasteiger partial charge in [-0.05, 0) is 36.6 Å². The zero-order chi connectivity index (χ0) is 15.5. The molecule has 0 bridgehead atoms. The first-order chi connectivity index (χ1) is 11.4. The van der Waals surface area contributed by atoms with Crippen molar-refractivity contribution in [3.05, 3.63) is 54.1 Å². The molecule has 4 rings (SSSR count). The van der Waals surface area contributed by atoms with Crippen LogP contribution < -0.4 is 0 Å². The third kappa shape index (κ3) is 3.48. The van der Waals surface area contributed by atoms with Crippen LogP contribution in [0.25, 0.3) is 0 Å². The van der Waals surface area contributed by atoms with Gasteiger partial charge in [0.05, 0.1) is 12.7 Å². The van der Waals surface area contributed by atoms with Crippen molar-refractivity contribution in [1.29, 1.82) is 0 Å². The molecule has 0 N–H and O–H groups in total. The van der Waals surface area contributed by atoms with E-state index in [0.717, 1.165) is 31.2 Å². The number of hydrogen-bond acceptors (Lipinski definition) is 3. The van der Waals surface area contributed by atoms with E-state index in [0.29, 0.717) is 6.61 Å². The first-order valence-corrected chi connectivity index (χ1v) is 8.77. The maximum Gasteiger partial charge on any atom is 0.0885 e. The molecular weight excluding hydrogens is 286 g/mol. The maximum atomic E-state index is 6.26. The molecule has 0 unspecified atom stereocenters. The predicted molar refractivity (Wildman–Crippen MR) is 89.9 cm³/mol. The fourth-order valence-electron chi connectivity index (χ4n) is 3.93. The SMILES string of the molecule is c1cncc(CO[C@H]2CN(C3CCCC3)Cc3cccn3C2)c1. The highest BCUT2D eigenvalue weighted by molar-refractivity contribution is 5.10. The van der Waals surface area contributed by atoms with Crippen LogP contribution in [-0.4, -0.2) is 33.1 Å². The van der Waals surface area contributed by atoms with Crippen molar-refractivity contribution < 1.29 is 4.74 Å². The number of rotatable bonds is 4. The summed E-state index contributed by atoms with van der Waals surface area (Å²) >= 11 is 0. The van der Waals surface area contributed by atoms with Gasteiger partial charge >= 0.3 is 0 Å². The Bertz CT molecular complexity index is 619. The standard InChI is InChI=1S/C19H25N3O/c1-2-7-17(6-1)22-12-18-8-4-10-21(18)13-19(14-22)23-15-16-5-3-9-20-11-16/h3-5,8-11,17,19H,1-2,6-7,12-15H2/t19-/m1/s1. The highest BCUT2D eigenvalue weighted by Crippen LogP contribution is 2.27. The number of ether oxygens (including phenoxy) is 1. The molecule has 1 fully saturated rings. The fraction of sp³-hybridized carbons (Fsp3) is 0.526. The van der Waals surface area contributed by atoms with E-state index in [1.54, 1.807) is 0 Å². The zero-order valence-electron chi connectivity index (χ0n) is 13.6. The molecule has 4 heteroatoms. The van der Waals surface area contributed by atoms with Crippen molar-refractivity contribution in [3.8, 4) is 0 Å². The molecule has 2 aromatic rings. The minimum atomic E-state index is 0.240. The Labute approximate surface area is 138 Å². The van der Waals surface area contributed by atoms with E-state index < -0.39 is 0 Å². The Morgan fingerprint density at radius 3 is 2.87 bits per heavy atom. The van der Waals surface area contributed by atoms with Crippen LogP contribution in [-0.2, 0) is 24.4 Å². The van der Waals surface area contributed by atoms with Gasteiger partial charge in [0, 0.05) is 50.0 Å². The lowest BCUT2D eigenvalue weighted by Gasteiger charge is -2.29. The molecule has 0 spiro atoms. The maximum absolute atomic E-state index is 6.26. The van der Waals surface area contributed by atoms with Crippen LogP contribution in [0.5, 0.6) is 0 Å². The van der Waals surface area contributed by atoms with Crippen LogP contribution >= 0.6 is 0 Å². The number of fused-ring (bicyclic) bond motifs is 1. The summed E-state index contributed by atoms with van der Waals surface area (Å²) in [5.41, 5.74) is 2.57. The Morgan fingerprint density at radius 1 is 1.13 bits per heavy atom. The van der Waals surface area contributed by atoms with E-state index in [-0.39, 0.29) is 6.10 Å². The summed E-state index contributed by atoms with van der Waals surface area (Å²) in [5.74, 6) is 0. The minimum absolute atomic E-state index is 0.240. The predicted octanol–water partition coefficient (Wildman–Crippen LogP) is 3.23. The van der Waals surface area contributed by atoms with Gasteiger partial charge in [0.25, 0.3) is 0 Å². The molecule has 2 aliphatic rings. The lowest BCUT2D eigenvalue weighted by Crippen LogP contribution is -2.38. The number of hydrogen-bond donors (Lipinski definition) is 0. The third-order valence-corrected chi connectivity index (χ3v) is 5.18. The molecule has 23 heavy (non-hydrogen) atoms. The van der Waals surface area contributed by atoms with Crippen LogP contribution in [0.15, 0.2) is 42.9 Å². The monoisotopic (exact) mass is 311 g/mol. The first-order valence-electron chi connectivity index (χ1n) is 8.77. The molecule has 0 radical (unpaired) electrons. The van der Waals surface area contributed by atoms with E-state index in [1.807, 2.05) is 18.5 Å². The number of nitrogens with zero attached hydrogens (tertiary/aromatic N) is 3. The second-order valence-electron chi connectivity index (χ2n) is 6.81. The first kappa shape index (κ1) is 14.9. The van der Waals surface area contributed by atoms with Crippen LogP contribution in [0, 0.1) is 0 Å². The fourth-order valence-corrected chi connectivity index (χ4v) is 3.93. The molecule has 1 aliphatic carbocycles. The van der Waals surface area contributed by atoms with Gasteiger partial charge in [0.15, 0.2) is 0 Å². The Balaban J connectivity index is 1.47. The van der Waals surface area contributed by atoms with Crippen molar-refractivity contribution in [2.24, 2.45) is 0 Å². The molecule has 2 aromatic heterocycles. The van der Waals surface area contributed by atoms with Gasteiger partial charge in [0.2, 0.25) is 0 Å². The zero-order valence-corrected chi connectivity index (χ0v) is 13.6. The average Bonchev–Trinajstić information content (AvgIpc) is 3.23. The summed E-state index contributed by atoms with van der Waals surface area (Å²) in [6, 6.07) is 9.21. The van der Waals surface area contributed by atoms with E-state index in [9.17, 15) is 0 Å². The lowest BCUT2D eigenvalue weighted by molar-refractivity contribution is 0.00183. The molecule has 0 amide bonds. The van der Waals surface area contributed by atoms with E-state index in [1.165, 1.54) is 31.4 Å². The Morgan fingerprint density at radius 2 is 2.04 bits per heavy atom. The van der Waals surface area contributed by atoms with Gasteiger partial charge < -0.3 is 9.30 Å². The van der Waals surface area contributed by atoms with Gasteiger partial charge in [-0.3, -0.25) is 9.88 Å². The van der Waals surface area contributed by atoms with Gasteiger partial charge in [0.1, 0.15) is 0 Å². The van der Waals surface area contributed by atoms with Gasteiger partial charge in [-0.2, -0.15) is 0 Å². The molecule has 0 saturated heterocycles. The Kier molecular flexibility index (Phi) is 4.44. The molecule has 3 heterocycles. The van der Waals surface area contributed by atoms with Crippen molar-refractivity contribution in [3.63, 3.8) is 0 Å². The van der Waals surface area contributed by atoms with Crippen molar-refractivity contribution in [1.82, 2.24) is 14.5 Å². The summed E-state index contributed by atoms with van der Waals surface area (Å²) in [5, 5.41) is 0. The second-order valence-corrected chi connectivity index (χ2v) is 6.81. The van der Waals surface area contributed by atoms with E-state index >= 15 is 0 Å². The summed E-state index contributed by atoms with van der Waals surface area (Å²) < 4.78 is 8.63. The molecule has 4 nitrogen and oxygen atoms in total. The van der Waals surface area contributed by atoms with Crippen molar-refractivity contribution >= 4 is 0 Å². The second kappa shape index (κ2) is 6.85. The smallest absolute Gasteiger partial charge is 0.0885 e. The third-order valence-electron chi connectivity index (χ3n) is 5.18. The molecular formula is C19H25N3O. The average molecular weight is 311 g/mol. The summed E-state index contributed by atoms with van der Waals surface area (Å²) in [7, 11) is 0. The van der Waals surface area contributed by atoms with Crippen LogP contribution in [0.2, 0.25) is 0 Å². The van der Waals surface area contributed by atoms with Crippen LogP contribution in [0.4, 0.5) is 0 Å². The van der Waals surface area contributed by atoms with Crippen LogP contribution in [0.3, 0.4) is 0 Å². The molecule has 0 aromatic carbocycles. The van der Waals surface area contributed by atoms with Gasteiger partial charge in [-0.15, -0.1) is 0 Å². The molecule has 1 aliphatic heterocycles. The van der Waals surface area contributed by atoms with Crippen molar-refractivity contribution in [2.75, 3.05) is 6.54 Å². The van der Waals surface area contributed by atoms with Gasteiger partial charge in [-0.1, -0.05) is 18.9 Å². The summed E-state index contributed by atoms with van der Waals surface area (Å²) in [4.78, 5) is 6.83.